The third-order valence-corrected chi connectivity index (χ3v) is 6.74. The van der Waals surface area contributed by atoms with Crippen LogP contribution in [0.3, 0.4) is 0 Å². The molecule has 156 valence electrons. The van der Waals surface area contributed by atoms with Gasteiger partial charge in [-0.25, -0.2) is 0 Å². The van der Waals surface area contributed by atoms with E-state index >= 15 is 0 Å². The summed E-state index contributed by atoms with van der Waals surface area (Å²) in [7, 11) is 0. The maximum atomic E-state index is 12.5. The Morgan fingerprint density at radius 2 is 1.74 bits per heavy atom. The Morgan fingerprint density at radius 1 is 0.968 bits per heavy atom. The highest BCUT2D eigenvalue weighted by Gasteiger charge is 2.12. The maximum absolute atomic E-state index is 12.5. The molecule has 0 unspecified atom stereocenters. The SMILES string of the molecule is O=C(CSc1nnc(NC(=O)c2ccc3ccccc3c2)s1)NCc1ccccc1Cl. The molecule has 2 N–H and O–H groups in total. The van der Waals surface area contributed by atoms with E-state index in [9.17, 15) is 9.59 Å². The quantitative estimate of drug-likeness (QED) is 0.294. The predicted molar refractivity (Wildman–Crippen MR) is 126 cm³/mol. The molecule has 0 spiro atoms. The fourth-order valence-electron chi connectivity index (χ4n) is 2.83. The summed E-state index contributed by atoms with van der Waals surface area (Å²) in [6.07, 6.45) is 0. The van der Waals surface area contributed by atoms with Gasteiger partial charge in [0.1, 0.15) is 0 Å². The summed E-state index contributed by atoms with van der Waals surface area (Å²) in [4.78, 5) is 24.6. The zero-order valence-electron chi connectivity index (χ0n) is 16.2. The highest BCUT2D eigenvalue weighted by Crippen LogP contribution is 2.26. The molecule has 0 radical (unpaired) electrons. The molecule has 0 aliphatic heterocycles. The van der Waals surface area contributed by atoms with Crippen molar-refractivity contribution in [2.45, 2.75) is 10.9 Å². The standard InChI is InChI=1S/C22H17ClN4O2S2/c23-18-8-4-3-7-17(18)12-24-19(28)13-30-22-27-26-21(31-22)25-20(29)16-10-9-14-5-1-2-6-15(14)11-16/h1-11H,12-13H2,(H,24,28)(H,25,26,29). The van der Waals surface area contributed by atoms with E-state index in [0.29, 0.717) is 26.6 Å². The minimum absolute atomic E-state index is 0.137. The lowest BCUT2D eigenvalue weighted by molar-refractivity contribution is -0.118. The molecule has 2 amide bonds. The van der Waals surface area contributed by atoms with Gasteiger partial charge in [0.2, 0.25) is 11.0 Å². The molecule has 4 aromatic rings. The molecule has 6 nitrogen and oxygen atoms in total. The molecular weight excluding hydrogens is 452 g/mol. The van der Waals surface area contributed by atoms with Gasteiger partial charge in [-0.2, -0.15) is 0 Å². The van der Waals surface area contributed by atoms with E-state index in [4.69, 9.17) is 11.6 Å². The van der Waals surface area contributed by atoms with Crippen molar-refractivity contribution < 1.29 is 9.59 Å². The average Bonchev–Trinajstić information content (AvgIpc) is 3.24. The number of anilines is 1. The second-order valence-corrected chi connectivity index (χ2v) is 9.15. The van der Waals surface area contributed by atoms with Crippen LogP contribution in [0.25, 0.3) is 10.8 Å². The Morgan fingerprint density at radius 3 is 2.58 bits per heavy atom. The van der Waals surface area contributed by atoms with E-state index in [2.05, 4.69) is 20.8 Å². The van der Waals surface area contributed by atoms with Gasteiger partial charge >= 0.3 is 0 Å². The van der Waals surface area contributed by atoms with E-state index in [1.165, 1.54) is 23.1 Å². The summed E-state index contributed by atoms with van der Waals surface area (Å²) < 4.78 is 0.599. The van der Waals surface area contributed by atoms with Crippen molar-refractivity contribution in [2.75, 3.05) is 11.1 Å². The summed E-state index contributed by atoms with van der Waals surface area (Å²) in [5.41, 5.74) is 1.40. The molecule has 3 aromatic carbocycles. The molecule has 1 aromatic heterocycles. The number of hydrogen-bond acceptors (Lipinski definition) is 6. The Kier molecular flexibility index (Phi) is 6.81. The lowest BCUT2D eigenvalue weighted by Crippen LogP contribution is -2.24. The number of aromatic nitrogens is 2. The van der Waals surface area contributed by atoms with Crippen LogP contribution in [-0.4, -0.2) is 27.8 Å². The summed E-state index contributed by atoms with van der Waals surface area (Å²) >= 11 is 8.58. The Hall–Kier alpha value is -2.94. The lowest BCUT2D eigenvalue weighted by atomic mass is 10.1. The zero-order chi connectivity index (χ0) is 21.6. The Bertz CT molecular complexity index is 1240. The molecule has 31 heavy (non-hydrogen) atoms. The normalized spacial score (nSPS) is 10.7. The summed E-state index contributed by atoms with van der Waals surface area (Å²) in [5.74, 6) is -0.199. The molecule has 9 heteroatoms. The smallest absolute Gasteiger partial charge is 0.257 e. The van der Waals surface area contributed by atoms with Gasteiger partial charge in [0.25, 0.3) is 5.91 Å². The molecule has 0 aliphatic carbocycles. The average molecular weight is 469 g/mol. The number of fused-ring (bicyclic) bond motifs is 1. The molecule has 0 saturated carbocycles. The van der Waals surface area contributed by atoms with E-state index < -0.39 is 0 Å². The number of amides is 2. The lowest BCUT2D eigenvalue weighted by Gasteiger charge is -2.06. The highest BCUT2D eigenvalue weighted by molar-refractivity contribution is 8.01. The largest absolute Gasteiger partial charge is 0.351 e. The number of benzene rings is 3. The Labute approximate surface area is 192 Å². The first-order valence-electron chi connectivity index (χ1n) is 9.35. The molecule has 0 saturated heterocycles. The van der Waals surface area contributed by atoms with Gasteiger partial charge in [-0.3, -0.25) is 14.9 Å². The Balaban J connectivity index is 1.29. The van der Waals surface area contributed by atoms with Crippen LogP contribution in [0.15, 0.2) is 71.1 Å². The second-order valence-electron chi connectivity index (χ2n) is 6.55. The summed E-state index contributed by atoms with van der Waals surface area (Å²) in [5, 5.41) is 16.7. The fraction of sp³-hybridized carbons (Fsp3) is 0.0909. The van der Waals surface area contributed by atoms with Crippen molar-refractivity contribution in [3.63, 3.8) is 0 Å². The van der Waals surface area contributed by atoms with Gasteiger partial charge < -0.3 is 5.32 Å². The van der Waals surface area contributed by atoms with Crippen LogP contribution in [0.4, 0.5) is 5.13 Å². The van der Waals surface area contributed by atoms with Crippen LogP contribution in [0, 0.1) is 0 Å². The van der Waals surface area contributed by atoms with E-state index in [1.807, 2.05) is 54.6 Å². The molecule has 0 aliphatic rings. The van der Waals surface area contributed by atoms with Gasteiger partial charge in [0.15, 0.2) is 4.34 Å². The fourth-order valence-corrected chi connectivity index (χ4v) is 4.61. The number of rotatable bonds is 7. The number of nitrogens with one attached hydrogen (secondary N) is 2. The predicted octanol–water partition coefficient (Wildman–Crippen LogP) is 5.01. The van der Waals surface area contributed by atoms with Crippen LogP contribution in [0.5, 0.6) is 0 Å². The zero-order valence-corrected chi connectivity index (χ0v) is 18.6. The van der Waals surface area contributed by atoms with Crippen molar-refractivity contribution in [2.24, 2.45) is 0 Å². The number of nitrogens with zero attached hydrogens (tertiary/aromatic N) is 2. The number of carbonyl (C=O) groups excluding carboxylic acids is 2. The van der Waals surface area contributed by atoms with E-state index in [0.717, 1.165) is 16.3 Å². The van der Waals surface area contributed by atoms with Crippen molar-refractivity contribution in [3.8, 4) is 0 Å². The second kappa shape index (κ2) is 9.91. The molecule has 4 rings (SSSR count). The third-order valence-electron chi connectivity index (χ3n) is 4.40. The van der Waals surface area contributed by atoms with Gasteiger partial charge in [-0.15, -0.1) is 10.2 Å². The maximum Gasteiger partial charge on any atom is 0.257 e. The minimum atomic E-state index is -0.254. The first-order chi connectivity index (χ1) is 15.1. The monoisotopic (exact) mass is 468 g/mol. The van der Waals surface area contributed by atoms with Gasteiger partial charge in [-0.05, 0) is 34.5 Å². The topological polar surface area (TPSA) is 84.0 Å². The van der Waals surface area contributed by atoms with Crippen LogP contribution in [0.1, 0.15) is 15.9 Å². The summed E-state index contributed by atoms with van der Waals surface area (Å²) in [6.45, 7) is 0.363. The van der Waals surface area contributed by atoms with E-state index in [1.54, 1.807) is 12.1 Å². The van der Waals surface area contributed by atoms with Crippen molar-refractivity contribution in [1.29, 1.82) is 0 Å². The van der Waals surface area contributed by atoms with Gasteiger partial charge in [0.05, 0.1) is 5.75 Å². The molecule has 0 fully saturated rings. The van der Waals surface area contributed by atoms with Crippen LogP contribution in [-0.2, 0) is 11.3 Å². The van der Waals surface area contributed by atoms with Crippen molar-refractivity contribution in [1.82, 2.24) is 15.5 Å². The third kappa shape index (κ3) is 5.61. The molecule has 0 bridgehead atoms. The number of hydrogen-bond donors (Lipinski definition) is 2. The molecular formula is C22H17ClN4O2S2. The highest BCUT2D eigenvalue weighted by atomic mass is 35.5. The van der Waals surface area contributed by atoms with Gasteiger partial charge in [0, 0.05) is 17.1 Å². The van der Waals surface area contributed by atoms with Crippen LogP contribution in [0.2, 0.25) is 5.02 Å². The first kappa shape index (κ1) is 21.3. The number of carbonyl (C=O) groups is 2. The number of thioether (sulfide) groups is 1. The van der Waals surface area contributed by atoms with Gasteiger partial charge in [-0.1, -0.05) is 83.2 Å². The molecule has 1 heterocycles. The van der Waals surface area contributed by atoms with Crippen molar-refractivity contribution in [3.05, 3.63) is 82.9 Å². The van der Waals surface area contributed by atoms with Crippen LogP contribution < -0.4 is 10.6 Å². The molecule has 0 atom stereocenters. The summed E-state index contributed by atoms with van der Waals surface area (Å²) in [6, 6.07) is 20.7. The van der Waals surface area contributed by atoms with E-state index in [-0.39, 0.29) is 17.6 Å². The van der Waals surface area contributed by atoms with Crippen molar-refractivity contribution >= 4 is 62.4 Å². The number of halogens is 1. The van der Waals surface area contributed by atoms with Crippen LogP contribution >= 0.6 is 34.7 Å². The first-order valence-corrected chi connectivity index (χ1v) is 11.5. The minimum Gasteiger partial charge on any atom is -0.351 e.